The van der Waals surface area contributed by atoms with Crippen LogP contribution in [0.2, 0.25) is 0 Å². The summed E-state index contributed by atoms with van der Waals surface area (Å²) in [5.74, 6) is 1.22. The number of hydrogen-bond acceptors (Lipinski definition) is 3. The van der Waals surface area contributed by atoms with Gasteiger partial charge >= 0.3 is 0 Å². The van der Waals surface area contributed by atoms with Crippen molar-refractivity contribution in [3.8, 4) is 0 Å². The standard InChI is InChI=1S/C12H20N4O/c1-10(17)16-8-3-11(4-9-16)13-5-2-12-14-6-7-15-12/h6-7,11,13H,2-5,8-9H2,1H3,(H,14,15). The van der Waals surface area contributed by atoms with Gasteiger partial charge in [-0.15, -0.1) is 0 Å². The summed E-state index contributed by atoms with van der Waals surface area (Å²) in [5, 5.41) is 3.52. The first-order valence-corrected chi connectivity index (χ1v) is 6.23. The number of rotatable bonds is 4. The van der Waals surface area contributed by atoms with Gasteiger partial charge in [0.25, 0.3) is 0 Å². The summed E-state index contributed by atoms with van der Waals surface area (Å²) in [5.41, 5.74) is 0. The number of nitrogens with zero attached hydrogens (tertiary/aromatic N) is 2. The molecule has 0 radical (unpaired) electrons. The Balaban J connectivity index is 1.63. The summed E-state index contributed by atoms with van der Waals surface area (Å²) in [6, 6.07) is 0.542. The van der Waals surface area contributed by atoms with Crippen LogP contribution in [0, 0.1) is 0 Å². The van der Waals surface area contributed by atoms with Crippen LogP contribution in [0.5, 0.6) is 0 Å². The molecule has 94 valence electrons. The van der Waals surface area contributed by atoms with Crippen molar-refractivity contribution in [1.29, 1.82) is 0 Å². The molecule has 1 saturated heterocycles. The van der Waals surface area contributed by atoms with Gasteiger partial charge in [0.15, 0.2) is 0 Å². The van der Waals surface area contributed by atoms with Crippen LogP contribution in [0.1, 0.15) is 25.6 Å². The fraction of sp³-hybridized carbons (Fsp3) is 0.667. The Morgan fingerprint density at radius 3 is 2.94 bits per heavy atom. The predicted molar refractivity (Wildman–Crippen MR) is 65.6 cm³/mol. The van der Waals surface area contributed by atoms with Gasteiger partial charge < -0.3 is 15.2 Å². The van der Waals surface area contributed by atoms with Crippen molar-refractivity contribution in [3.05, 3.63) is 18.2 Å². The molecule has 0 aliphatic carbocycles. The van der Waals surface area contributed by atoms with E-state index < -0.39 is 0 Å². The van der Waals surface area contributed by atoms with Crippen molar-refractivity contribution in [2.24, 2.45) is 0 Å². The van der Waals surface area contributed by atoms with Crippen molar-refractivity contribution in [1.82, 2.24) is 20.2 Å². The highest BCUT2D eigenvalue weighted by molar-refractivity contribution is 5.73. The van der Waals surface area contributed by atoms with Crippen LogP contribution in [-0.4, -0.2) is 46.5 Å². The molecule has 2 heterocycles. The zero-order valence-electron chi connectivity index (χ0n) is 10.3. The number of aromatic nitrogens is 2. The Kier molecular flexibility index (Phi) is 4.14. The van der Waals surface area contributed by atoms with E-state index >= 15 is 0 Å². The quantitative estimate of drug-likeness (QED) is 0.802. The normalized spacial score (nSPS) is 17.4. The molecule has 0 unspecified atom stereocenters. The van der Waals surface area contributed by atoms with Crippen LogP contribution in [0.3, 0.4) is 0 Å². The molecule has 5 nitrogen and oxygen atoms in total. The lowest BCUT2D eigenvalue weighted by atomic mass is 10.0. The average molecular weight is 236 g/mol. The van der Waals surface area contributed by atoms with Gasteiger partial charge in [-0.2, -0.15) is 0 Å². The Labute approximate surface area is 102 Å². The number of imidazole rings is 1. The minimum atomic E-state index is 0.194. The van der Waals surface area contributed by atoms with Crippen molar-refractivity contribution in [2.45, 2.75) is 32.2 Å². The largest absolute Gasteiger partial charge is 0.349 e. The molecule has 1 fully saturated rings. The van der Waals surface area contributed by atoms with Crippen molar-refractivity contribution < 1.29 is 4.79 Å². The molecule has 5 heteroatoms. The van der Waals surface area contributed by atoms with Gasteiger partial charge in [0.2, 0.25) is 5.91 Å². The highest BCUT2D eigenvalue weighted by atomic mass is 16.2. The third-order valence-corrected chi connectivity index (χ3v) is 3.29. The van der Waals surface area contributed by atoms with Crippen LogP contribution >= 0.6 is 0 Å². The molecule has 0 atom stereocenters. The lowest BCUT2D eigenvalue weighted by Crippen LogP contribution is -2.44. The van der Waals surface area contributed by atoms with E-state index in [0.29, 0.717) is 6.04 Å². The molecule has 0 spiro atoms. The second-order valence-electron chi connectivity index (χ2n) is 4.52. The first kappa shape index (κ1) is 12.1. The van der Waals surface area contributed by atoms with E-state index in [9.17, 15) is 4.79 Å². The third-order valence-electron chi connectivity index (χ3n) is 3.29. The highest BCUT2D eigenvalue weighted by Crippen LogP contribution is 2.10. The van der Waals surface area contributed by atoms with Crippen LogP contribution < -0.4 is 5.32 Å². The number of carbonyl (C=O) groups excluding carboxylic acids is 1. The molecule has 17 heavy (non-hydrogen) atoms. The maximum atomic E-state index is 11.2. The third kappa shape index (κ3) is 3.56. The van der Waals surface area contributed by atoms with E-state index in [1.807, 2.05) is 11.1 Å². The van der Waals surface area contributed by atoms with Crippen LogP contribution in [-0.2, 0) is 11.2 Å². The number of H-pyrrole nitrogens is 1. The van der Waals surface area contributed by atoms with Gasteiger partial charge in [-0.1, -0.05) is 0 Å². The number of hydrogen-bond donors (Lipinski definition) is 2. The van der Waals surface area contributed by atoms with E-state index in [1.54, 1.807) is 13.1 Å². The molecule has 1 aromatic heterocycles. The summed E-state index contributed by atoms with van der Waals surface area (Å²) in [4.78, 5) is 20.4. The average Bonchev–Trinajstić information content (AvgIpc) is 2.83. The molecule has 1 aliphatic rings. The zero-order valence-corrected chi connectivity index (χ0v) is 10.3. The smallest absolute Gasteiger partial charge is 0.219 e. The molecular formula is C12H20N4O. The van der Waals surface area contributed by atoms with E-state index in [1.165, 1.54) is 0 Å². The minimum Gasteiger partial charge on any atom is -0.349 e. The predicted octanol–water partition coefficient (Wildman–Crippen LogP) is 0.553. The molecule has 0 bridgehead atoms. The van der Waals surface area contributed by atoms with E-state index in [-0.39, 0.29) is 5.91 Å². The summed E-state index contributed by atoms with van der Waals surface area (Å²) < 4.78 is 0. The highest BCUT2D eigenvalue weighted by Gasteiger charge is 2.19. The van der Waals surface area contributed by atoms with Gasteiger partial charge in [0.1, 0.15) is 5.82 Å². The lowest BCUT2D eigenvalue weighted by Gasteiger charge is -2.31. The topological polar surface area (TPSA) is 61.0 Å². The molecule has 0 saturated carbocycles. The minimum absolute atomic E-state index is 0.194. The number of likely N-dealkylation sites (tertiary alicyclic amines) is 1. The van der Waals surface area contributed by atoms with Crippen molar-refractivity contribution >= 4 is 5.91 Å². The molecular weight excluding hydrogens is 216 g/mol. The van der Waals surface area contributed by atoms with E-state index in [4.69, 9.17) is 0 Å². The van der Waals surface area contributed by atoms with Gasteiger partial charge in [-0.3, -0.25) is 4.79 Å². The van der Waals surface area contributed by atoms with Crippen LogP contribution in [0.25, 0.3) is 0 Å². The second-order valence-corrected chi connectivity index (χ2v) is 4.52. The summed E-state index contributed by atoms with van der Waals surface area (Å²) in [7, 11) is 0. The number of piperidine rings is 1. The Morgan fingerprint density at radius 1 is 1.59 bits per heavy atom. The van der Waals surface area contributed by atoms with Gasteiger partial charge in [-0.05, 0) is 12.8 Å². The Hall–Kier alpha value is -1.36. The maximum absolute atomic E-state index is 11.2. The molecule has 1 aliphatic heterocycles. The molecule has 1 amide bonds. The number of amides is 1. The van der Waals surface area contributed by atoms with Crippen LogP contribution in [0.4, 0.5) is 0 Å². The summed E-state index contributed by atoms with van der Waals surface area (Å²) in [6.45, 7) is 4.35. The number of carbonyl (C=O) groups is 1. The molecule has 1 aromatic rings. The van der Waals surface area contributed by atoms with Crippen molar-refractivity contribution in [3.63, 3.8) is 0 Å². The van der Waals surface area contributed by atoms with Gasteiger partial charge in [0, 0.05) is 51.4 Å². The van der Waals surface area contributed by atoms with Gasteiger partial charge in [-0.25, -0.2) is 4.98 Å². The summed E-state index contributed by atoms with van der Waals surface area (Å²) in [6.07, 6.45) is 6.66. The zero-order chi connectivity index (χ0) is 12.1. The van der Waals surface area contributed by atoms with Crippen molar-refractivity contribution in [2.75, 3.05) is 19.6 Å². The Morgan fingerprint density at radius 2 is 2.35 bits per heavy atom. The first-order valence-electron chi connectivity index (χ1n) is 6.23. The molecule has 2 rings (SSSR count). The monoisotopic (exact) mass is 236 g/mol. The summed E-state index contributed by atoms with van der Waals surface area (Å²) >= 11 is 0. The molecule has 0 aromatic carbocycles. The fourth-order valence-electron chi connectivity index (χ4n) is 2.23. The Bertz CT molecular complexity index is 341. The van der Waals surface area contributed by atoms with Gasteiger partial charge in [0.05, 0.1) is 0 Å². The fourth-order valence-corrected chi connectivity index (χ4v) is 2.23. The second kappa shape index (κ2) is 5.82. The lowest BCUT2D eigenvalue weighted by molar-refractivity contribution is -0.129. The number of aromatic amines is 1. The number of nitrogens with one attached hydrogen (secondary N) is 2. The van der Waals surface area contributed by atoms with E-state index in [2.05, 4.69) is 15.3 Å². The molecule has 2 N–H and O–H groups in total. The maximum Gasteiger partial charge on any atom is 0.219 e. The van der Waals surface area contributed by atoms with E-state index in [0.717, 1.165) is 44.7 Å². The first-order chi connectivity index (χ1) is 8.25. The van der Waals surface area contributed by atoms with Crippen LogP contribution in [0.15, 0.2) is 12.4 Å². The SMILES string of the molecule is CC(=O)N1CCC(NCCc2ncc[nH]2)CC1.